The van der Waals surface area contributed by atoms with E-state index in [9.17, 15) is 14.4 Å². The van der Waals surface area contributed by atoms with Gasteiger partial charge in [-0.05, 0) is 13.0 Å². The highest BCUT2D eigenvalue weighted by Gasteiger charge is 2.07. The van der Waals surface area contributed by atoms with E-state index in [2.05, 4.69) is 5.32 Å². The highest BCUT2D eigenvalue weighted by molar-refractivity contribution is 5.94. The molecule has 98 valence electrons. The van der Waals surface area contributed by atoms with Crippen molar-refractivity contribution in [3.63, 3.8) is 0 Å². The number of amides is 1. The average molecular weight is 252 g/mol. The summed E-state index contributed by atoms with van der Waals surface area (Å²) in [6.45, 7) is 2.23. The summed E-state index contributed by atoms with van der Waals surface area (Å²) in [6, 6.07) is 2.79. The van der Waals surface area contributed by atoms with Crippen molar-refractivity contribution in [2.75, 3.05) is 13.2 Å². The molecular weight excluding hydrogens is 236 g/mol. The molecule has 6 heteroatoms. The van der Waals surface area contributed by atoms with E-state index in [0.717, 1.165) is 0 Å². The molecule has 1 N–H and O–H groups in total. The second-order valence-electron chi connectivity index (χ2n) is 3.68. The molecule has 0 saturated heterocycles. The fraction of sp³-hybridized carbons (Fsp3) is 0.417. The van der Waals surface area contributed by atoms with Gasteiger partial charge in [0, 0.05) is 31.4 Å². The first-order valence-corrected chi connectivity index (χ1v) is 5.65. The van der Waals surface area contributed by atoms with Crippen LogP contribution in [0.1, 0.15) is 23.7 Å². The molecule has 0 fully saturated rings. The molecule has 0 aliphatic rings. The number of aromatic nitrogens is 1. The van der Waals surface area contributed by atoms with Crippen LogP contribution in [-0.4, -0.2) is 29.6 Å². The summed E-state index contributed by atoms with van der Waals surface area (Å²) in [6.07, 6.45) is 1.63. The number of carbonyl (C=O) groups is 2. The molecule has 1 aromatic rings. The van der Waals surface area contributed by atoms with Gasteiger partial charge in [0.2, 0.25) is 0 Å². The van der Waals surface area contributed by atoms with Crippen LogP contribution in [0.25, 0.3) is 0 Å². The zero-order chi connectivity index (χ0) is 13.5. The van der Waals surface area contributed by atoms with Gasteiger partial charge in [0.1, 0.15) is 0 Å². The summed E-state index contributed by atoms with van der Waals surface area (Å²) in [4.78, 5) is 34.0. The minimum Gasteiger partial charge on any atom is -0.466 e. The third kappa shape index (κ3) is 4.04. The van der Waals surface area contributed by atoms with Crippen LogP contribution in [0, 0.1) is 0 Å². The second kappa shape index (κ2) is 6.58. The summed E-state index contributed by atoms with van der Waals surface area (Å²) in [5.74, 6) is -0.737. The summed E-state index contributed by atoms with van der Waals surface area (Å²) in [7, 11) is 1.60. The topological polar surface area (TPSA) is 77.4 Å². The average Bonchev–Trinajstić information content (AvgIpc) is 2.33. The molecule has 0 saturated carbocycles. The van der Waals surface area contributed by atoms with Crippen molar-refractivity contribution in [1.82, 2.24) is 9.88 Å². The van der Waals surface area contributed by atoms with Gasteiger partial charge >= 0.3 is 5.97 Å². The van der Waals surface area contributed by atoms with Crippen LogP contribution in [-0.2, 0) is 16.6 Å². The highest BCUT2D eigenvalue weighted by Crippen LogP contribution is 1.94. The van der Waals surface area contributed by atoms with Crippen molar-refractivity contribution in [2.45, 2.75) is 13.3 Å². The zero-order valence-electron chi connectivity index (χ0n) is 10.4. The van der Waals surface area contributed by atoms with E-state index < -0.39 is 0 Å². The lowest BCUT2D eigenvalue weighted by atomic mass is 10.2. The largest absolute Gasteiger partial charge is 0.466 e. The SMILES string of the molecule is CCOC(=O)CCNC(=O)c1ccn(C)c(=O)c1. The number of hydrogen-bond acceptors (Lipinski definition) is 4. The Kier molecular flexibility index (Phi) is 5.10. The second-order valence-corrected chi connectivity index (χ2v) is 3.68. The number of hydrogen-bond donors (Lipinski definition) is 1. The van der Waals surface area contributed by atoms with E-state index in [1.54, 1.807) is 20.0 Å². The van der Waals surface area contributed by atoms with Crippen LogP contribution in [0.5, 0.6) is 0 Å². The zero-order valence-corrected chi connectivity index (χ0v) is 10.4. The third-order valence-electron chi connectivity index (χ3n) is 2.29. The quantitative estimate of drug-likeness (QED) is 0.752. The number of esters is 1. The van der Waals surface area contributed by atoms with E-state index in [1.807, 2.05) is 0 Å². The summed E-state index contributed by atoms with van der Waals surface area (Å²) < 4.78 is 6.09. The Bertz CT molecular complexity index is 493. The van der Waals surface area contributed by atoms with Crippen LogP contribution >= 0.6 is 0 Å². The van der Waals surface area contributed by atoms with E-state index in [4.69, 9.17) is 4.74 Å². The number of nitrogens with zero attached hydrogens (tertiary/aromatic N) is 1. The molecule has 0 radical (unpaired) electrons. The Hall–Kier alpha value is -2.11. The van der Waals surface area contributed by atoms with Crippen molar-refractivity contribution in [2.24, 2.45) is 7.05 Å². The van der Waals surface area contributed by atoms with Crippen molar-refractivity contribution in [1.29, 1.82) is 0 Å². The Balaban J connectivity index is 2.48. The molecule has 0 unspecified atom stereocenters. The lowest BCUT2D eigenvalue weighted by Crippen LogP contribution is -2.28. The Labute approximate surface area is 105 Å². The van der Waals surface area contributed by atoms with Crippen molar-refractivity contribution >= 4 is 11.9 Å². The molecule has 18 heavy (non-hydrogen) atoms. The van der Waals surface area contributed by atoms with E-state index in [-0.39, 0.29) is 36.0 Å². The lowest BCUT2D eigenvalue weighted by Gasteiger charge is -2.05. The molecule has 0 spiro atoms. The molecule has 0 aliphatic carbocycles. The molecule has 1 heterocycles. The van der Waals surface area contributed by atoms with Crippen LogP contribution in [0.2, 0.25) is 0 Å². The third-order valence-corrected chi connectivity index (χ3v) is 2.29. The standard InChI is InChI=1S/C12H16N2O4/c1-3-18-11(16)4-6-13-12(17)9-5-7-14(2)10(15)8-9/h5,7-8H,3-4,6H2,1-2H3,(H,13,17). The van der Waals surface area contributed by atoms with Crippen LogP contribution in [0.15, 0.2) is 23.1 Å². The minimum absolute atomic E-state index is 0.115. The maximum absolute atomic E-state index is 11.6. The fourth-order valence-electron chi connectivity index (χ4n) is 1.30. The van der Waals surface area contributed by atoms with Crippen molar-refractivity contribution in [3.8, 4) is 0 Å². The van der Waals surface area contributed by atoms with Gasteiger partial charge in [0.25, 0.3) is 11.5 Å². The Morgan fingerprint density at radius 1 is 1.44 bits per heavy atom. The molecule has 1 amide bonds. The van der Waals surface area contributed by atoms with Crippen LogP contribution in [0.4, 0.5) is 0 Å². The minimum atomic E-state index is -0.378. The molecule has 6 nitrogen and oxygen atoms in total. The molecule has 0 aliphatic heterocycles. The Morgan fingerprint density at radius 3 is 2.78 bits per heavy atom. The first kappa shape index (κ1) is 14.0. The first-order valence-electron chi connectivity index (χ1n) is 5.65. The van der Waals surface area contributed by atoms with Gasteiger partial charge in [-0.25, -0.2) is 0 Å². The number of ether oxygens (including phenoxy) is 1. The van der Waals surface area contributed by atoms with Gasteiger partial charge in [-0.3, -0.25) is 14.4 Å². The predicted molar refractivity (Wildman–Crippen MR) is 65.3 cm³/mol. The first-order chi connectivity index (χ1) is 8.54. The van der Waals surface area contributed by atoms with E-state index in [0.29, 0.717) is 6.61 Å². The number of pyridine rings is 1. The van der Waals surface area contributed by atoms with Gasteiger partial charge < -0.3 is 14.6 Å². The van der Waals surface area contributed by atoms with Gasteiger partial charge in [-0.2, -0.15) is 0 Å². The van der Waals surface area contributed by atoms with Gasteiger partial charge in [0.05, 0.1) is 13.0 Å². The number of nitrogens with one attached hydrogen (secondary N) is 1. The molecule has 0 atom stereocenters. The van der Waals surface area contributed by atoms with Gasteiger partial charge in [-0.15, -0.1) is 0 Å². The van der Waals surface area contributed by atoms with Gasteiger partial charge in [-0.1, -0.05) is 0 Å². The molecule has 0 aromatic carbocycles. The van der Waals surface area contributed by atoms with Crippen molar-refractivity contribution < 1.29 is 14.3 Å². The monoisotopic (exact) mass is 252 g/mol. The fourth-order valence-corrected chi connectivity index (χ4v) is 1.30. The summed E-state index contributed by atoms with van der Waals surface area (Å²) in [5.41, 5.74) is 0.0231. The van der Waals surface area contributed by atoms with Gasteiger partial charge in [0.15, 0.2) is 0 Å². The van der Waals surface area contributed by atoms with Crippen LogP contribution < -0.4 is 10.9 Å². The molecule has 1 aromatic heterocycles. The van der Waals surface area contributed by atoms with Crippen LogP contribution in [0.3, 0.4) is 0 Å². The maximum Gasteiger partial charge on any atom is 0.307 e. The van der Waals surface area contributed by atoms with Crippen molar-refractivity contribution in [3.05, 3.63) is 34.2 Å². The molecule has 1 rings (SSSR count). The Morgan fingerprint density at radius 2 is 2.17 bits per heavy atom. The van der Waals surface area contributed by atoms with E-state index in [1.165, 1.54) is 16.8 Å². The summed E-state index contributed by atoms with van der Waals surface area (Å²) in [5, 5.41) is 2.55. The normalized spacial score (nSPS) is 9.89. The smallest absolute Gasteiger partial charge is 0.307 e. The predicted octanol–water partition coefficient (Wildman–Crippen LogP) is 0.0683. The molecular formula is C12H16N2O4. The maximum atomic E-state index is 11.6. The lowest BCUT2D eigenvalue weighted by molar-refractivity contribution is -0.142. The number of aryl methyl sites for hydroxylation is 1. The molecule has 0 bridgehead atoms. The number of carbonyl (C=O) groups excluding carboxylic acids is 2. The summed E-state index contributed by atoms with van der Waals surface area (Å²) >= 11 is 0. The van der Waals surface area contributed by atoms with E-state index >= 15 is 0 Å². The highest BCUT2D eigenvalue weighted by atomic mass is 16.5. The number of rotatable bonds is 5.